The molecule has 0 unspecified atom stereocenters. The van der Waals surface area contributed by atoms with Gasteiger partial charge in [-0.25, -0.2) is 4.39 Å². The van der Waals surface area contributed by atoms with Crippen LogP contribution in [0.1, 0.15) is 17.5 Å². The number of hydrogen-bond acceptors (Lipinski definition) is 2. The molecule has 0 N–H and O–H groups in total. The number of hydrogen-bond donors (Lipinski definition) is 0. The van der Waals surface area contributed by atoms with Crippen molar-refractivity contribution in [3.63, 3.8) is 0 Å². The lowest BCUT2D eigenvalue weighted by atomic mass is 10.1. The minimum absolute atomic E-state index is 0.252. The molecule has 0 atom stereocenters. The Hall–Kier alpha value is -1.26. The second-order valence-electron chi connectivity index (χ2n) is 4.22. The van der Waals surface area contributed by atoms with Crippen LogP contribution in [0.2, 0.25) is 0 Å². The van der Waals surface area contributed by atoms with E-state index in [0.717, 1.165) is 18.4 Å². The second-order valence-corrected chi connectivity index (χ2v) is 5.02. The van der Waals surface area contributed by atoms with Crippen molar-refractivity contribution in [2.45, 2.75) is 19.4 Å². The van der Waals surface area contributed by atoms with E-state index < -0.39 is 0 Å². The van der Waals surface area contributed by atoms with Crippen LogP contribution in [-0.2, 0) is 17.8 Å². The van der Waals surface area contributed by atoms with Crippen LogP contribution in [0.4, 0.5) is 4.39 Å². The van der Waals surface area contributed by atoms with Gasteiger partial charge in [0, 0.05) is 19.0 Å². The molecule has 0 aliphatic carbocycles. The van der Waals surface area contributed by atoms with Crippen molar-refractivity contribution in [1.29, 1.82) is 0 Å². The molecule has 0 aliphatic heterocycles. The molecule has 2 rings (SSSR count). The fourth-order valence-electron chi connectivity index (χ4n) is 1.77. The van der Waals surface area contributed by atoms with Crippen LogP contribution < -0.4 is 0 Å². The highest BCUT2D eigenvalue weighted by Crippen LogP contribution is 2.21. The number of rotatable bonds is 6. The summed E-state index contributed by atoms with van der Waals surface area (Å²) in [4.78, 5) is 3.98. The van der Waals surface area contributed by atoms with Crippen LogP contribution in [0.25, 0.3) is 0 Å². The zero-order valence-corrected chi connectivity index (χ0v) is 12.1. The smallest absolute Gasteiger partial charge is 0.137 e. The standard InChI is InChI=1S/C15H15BrFNO/c16-15-13(4-1-5-14(15)17)11-19-10-2-3-12-6-8-18-9-7-12/h1,4-9H,2-3,10-11H2. The molecule has 2 aromatic rings. The highest BCUT2D eigenvalue weighted by atomic mass is 79.9. The van der Waals surface area contributed by atoms with E-state index in [9.17, 15) is 4.39 Å². The average Bonchev–Trinajstić information content (AvgIpc) is 2.44. The van der Waals surface area contributed by atoms with Gasteiger partial charge in [-0.2, -0.15) is 0 Å². The van der Waals surface area contributed by atoms with Crippen LogP contribution in [0, 0.1) is 5.82 Å². The van der Waals surface area contributed by atoms with Crippen molar-refractivity contribution in [2.24, 2.45) is 0 Å². The van der Waals surface area contributed by atoms with E-state index in [1.54, 1.807) is 18.5 Å². The quantitative estimate of drug-likeness (QED) is 0.745. The third-order valence-corrected chi connectivity index (χ3v) is 3.68. The molecule has 1 aromatic heterocycles. The topological polar surface area (TPSA) is 22.1 Å². The van der Waals surface area contributed by atoms with E-state index in [1.807, 2.05) is 18.2 Å². The van der Waals surface area contributed by atoms with Gasteiger partial charge in [0.15, 0.2) is 0 Å². The predicted molar refractivity (Wildman–Crippen MR) is 76.3 cm³/mol. The molecule has 0 amide bonds. The Kier molecular flexibility index (Phi) is 5.48. The summed E-state index contributed by atoms with van der Waals surface area (Å²) in [5.41, 5.74) is 2.09. The minimum Gasteiger partial charge on any atom is -0.377 e. The molecule has 0 saturated carbocycles. The van der Waals surface area contributed by atoms with E-state index in [4.69, 9.17) is 4.74 Å². The monoisotopic (exact) mass is 323 g/mol. The van der Waals surface area contributed by atoms with Gasteiger partial charge in [-0.1, -0.05) is 12.1 Å². The van der Waals surface area contributed by atoms with Crippen molar-refractivity contribution < 1.29 is 9.13 Å². The van der Waals surface area contributed by atoms with Crippen LogP contribution in [-0.4, -0.2) is 11.6 Å². The fourth-order valence-corrected chi connectivity index (χ4v) is 2.15. The lowest BCUT2D eigenvalue weighted by Gasteiger charge is -2.07. The van der Waals surface area contributed by atoms with Gasteiger partial charge in [0.25, 0.3) is 0 Å². The molecule has 1 heterocycles. The van der Waals surface area contributed by atoms with Crippen molar-refractivity contribution in [3.8, 4) is 0 Å². The molecular formula is C15H15BrFNO. The lowest BCUT2D eigenvalue weighted by molar-refractivity contribution is 0.118. The van der Waals surface area contributed by atoms with Crippen molar-refractivity contribution in [3.05, 3.63) is 64.1 Å². The Morgan fingerprint density at radius 2 is 1.95 bits per heavy atom. The van der Waals surface area contributed by atoms with Crippen molar-refractivity contribution in [2.75, 3.05) is 6.61 Å². The molecule has 0 bridgehead atoms. The third-order valence-electron chi connectivity index (χ3n) is 2.79. The van der Waals surface area contributed by atoms with E-state index >= 15 is 0 Å². The first-order valence-electron chi connectivity index (χ1n) is 6.17. The average molecular weight is 324 g/mol. The molecule has 0 radical (unpaired) electrons. The summed E-state index contributed by atoms with van der Waals surface area (Å²) in [5.74, 6) is -0.252. The Morgan fingerprint density at radius 1 is 1.16 bits per heavy atom. The van der Waals surface area contributed by atoms with Gasteiger partial charge in [-0.3, -0.25) is 4.98 Å². The Balaban J connectivity index is 1.71. The molecule has 1 aromatic carbocycles. The first kappa shape index (κ1) is 14.2. The van der Waals surface area contributed by atoms with Crippen LogP contribution in [0.3, 0.4) is 0 Å². The summed E-state index contributed by atoms with van der Waals surface area (Å²) in [6.07, 6.45) is 5.49. The highest BCUT2D eigenvalue weighted by molar-refractivity contribution is 9.10. The Bertz CT molecular complexity index is 519. The number of ether oxygens (including phenoxy) is 1. The van der Waals surface area contributed by atoms with E-state index in [1.165, 1.54) is 11.6 Å². The number of pyridine rings is 1. The number of nitrogens with zero attached hydrogens (tertiary/aromatic N) is 1. The summed E-state index contributed by atoms with van der Waals surface area (Å²) in [6.45, 7) is 1.08. The third kappa shape index (κ3) is 4.40. The largest absolute Gasteiger partial charge is 0.377 e. The minimum atomic E-state index is -0.252. The fraction of sp³-hybridized carbons (Fsp3) is 0.267. The maximum absolute atomic E-state index is 13.3. The van der Waals surface area contributed by atoms with Crippen LogP contribution in [0.5, 0.6) is 0 Å². The van der Waals surface area contributed by atoms with Gasteiger partial charge in [0.1, 0.15) is 5.82 Å². The lowest BCUT2D eigenvalue weighted by Crippen LogP contribution is -1.99. The van der Waals surface area contributed by atoms with Gasteiger partial charge in [-0.05, 0) is 58.1 Å². The summed E-state index contributed by atoms with van der Waals surface area (Å²) in [5, 5.41) is 0. The van der Waals surface area contributed by atoms with Gasteiger partial charge < -0.3 is 4.74 Å². The number of benzene rings is 1. The van der Waals surface area contributed by atoms with Crippen molar-refractivity contribution >= 4 is 15.9 Å². The Morgan fingerprint density at radius 3 is 2.74 bits per heavy atom. The summed E-state index contributed by atoms with van der Waals surface area (Å²) >= 11 is 3.22. The molecular weight excluding hydrogens is 309 g/mol. The van der Waals surface area contributed by atoms with E-state index in [2.05, 4.69) is 20.9 Å². The molecule has 0 aliphatic rings. The first-order valence-corrected chi connectivity index (χ1v) is 6.96. The second kappa shape index (κ2) is 7.36. The molecule has 0 fully saturated rings. The van der Waals surface area contributed by atoms with Crippen molar-refractivity contribution in [1.82, 2.24) is 4.98 Å². The summed E-state index contributed by atoms with van der Waals surface area (Å²) < 4.78 is 19.3. The maximum atomic E-state index is 13.3. The summed E-state index contributed by atoms with van der Waals surface area (Å²) in [6, 6.07) is 8.98. The van der Waals surface area contributed by atoms with Gasteiger partial charge >= 0.3 is 0 Å². The zero-order valence-electron chi connectivity index (χ0n) is 10.5. The van der Waals surface area contributed by atoms with Gasteiger partial charge in [0.05, 0.1) is 11.1 Å². The molecule has 100 valence electrons. The Labute approximate surface area is 120 Å². The molecule has 2 nitrogen and oxygen atoms in total. The number of aromatic nitrogens is 1. The zero-order chi connectivity index (χ0) is 13.5. The summed E-state index contributed by atoms with van der Waals surface area (Å²) in [7, 11) is 0. The van der Waals surface area contributed by atoms with E-state index in [-0.39, 0.29) is 5.82 Å². The predicted octanol–water partition coefficient (Wildman–Crippen LogP) is 4.13. The molecule has 0 spiro atoms. The van der Waals surface area contributed by atoms with Gasteiger partial charge in [-0.15, -0.1) is 0 Å². The van der Waals surface area contributed by atoms with E-state index in [0.29, 0.717) is 17.7 Å². The SMILES string of the molecule is Fc1cccc(COCCCc2ccncc2)c1Br. The molecule has 19 heavy (non-hydrogen) atoms. The maximum Gasteiger partial charge on any atom is 0.137 e. The number of halogens is 2. The van der Waals surface area contributed by atoms with Gasteiger partial charge in [0.2, 0.25) is 0 Å². The number of aryl methyl sites for hydroxylation is 1. The normalized spacial score (nSPS) is 10.6. The molecule has 0 saturated heterocycles. The van der Waals surface area contributed by atoms with Crippen LogP contribution >= 0.6 is 15.9 Å². The van der Waals surface area contributed by atoms with Crippen LogP contribution in [0.15, 0.2) is 47.2 Å². The molecule has 4 heteroatoms. The first-order chi connectivity index (χ1) is 9.27. The highest BCUT2D eigenvalue weighted by Gasteiger charge is 2.04.